The molecule has 0 spiro atoms. The van der Waals surface area contributed by atoms with Gasteiger partial charge in [-0.05, 0) is 29.7 Å². The molecule has 0 radical (unpaired) electrons. The lowest BCUT2D eigenvalue weighted by Gasteiger charge is -2.13. The van der Waals surface area contributed by atoms with Gasteiger partial charge in [0, 0.05) is 5.56 Å². The van der Waals surface area contributed by atoms with Crippen molar-refractivity contribution in [3.8, 4) is 11.3 Å². The molecule has 160 valence electrons. The molecule has 0 bridgehead atoms. The molecule has 1 atom stereocenters. The molecule has 1 unspecified atom stereocenters. The minimum Gasteiger partial charge on any atom is -0.390 e. The predicted octanol–water partition coefficient (Wildman–Crippen LogP) is 2.10. The van der Waals surface area contributed by atoms with Gasteiger partial charge in [0.2, 0.25) is 0 Å². The largest absolute Gasteiger partial charge is 0.436 e. The van der Waals surface area contributed by atoms with Crippen molar-refractivity contribution in [2.24, 2.45) is 0 Å². The van der Waals surface area contributed by atoms with Crippen LogP contribution in [0.1, 0.15) is 18.4 Å². The summed E-state index contributed by atoms with van der Waals surface area (Å²) in [4.78, 5) is 14.0. The van der Waals surface area contributed by atoms with Crippen molar-refractivity contribution in [3.05, 3.63) is 58.5 Å². The number of hydrogen-bond donors (Lipinski definition) is 1. The minimum atomic E-state index is -4.28. The van der Waals surface area contributed by atoms with Crippen molar-refractivity contribution in [2.75, 3.05) is 6.67 Å². The Labute approximate surface area is 171 Å². The Kier molecular flexibility index (Phi) is 6.52. The van der Waals surface area contributed by atoms with E-state index in [0.717, 1.165) is 0 Å². The average Bonchev–Trinajstić information content (AvgIpc) is 3.35. The Morgan fingerprint density at radius 2 is 2.00 bits per heavy atom. The highest BCUT2D eigenvalue weighted by molar-refractivity contribution is 7.86. The first-order chi connectivity index (χ1) is 14.3. The van der Waals surface area contributed by atoms with Gasteiger partial charge in [0.05, 0.1) is 18.1 Å². The molecule has 3 aromatic rings. The molecule has 0 saturated carbocycles. The second-order valence-corrected chi connectivity index (χ2v) is 8.30. The first-order valence-corrected chi connectivity index (χ1v) is 10.5. The fourth-order valence-corrected chi connectivity index (χ4v) is 3.84. The third-order valence-corrected chi connectivity index (χ3v) is 5.73. The highest BCUT2D eigenvalue weighted by Crippen LogP contribution is 2.20. The average molecular weight is 437 g/mol. The predicted molar refractivity (Wildman–Crippen MR) is 104 cm³/mol. The highest BCUT2D eigenvalue weighted by Gasteiger charge is 2.23. The number of rotatable bonds is 10. The van der Waals surface area contributed by atoms with Gasteiger partial charge in [-0.1, -0.05) is 34.5 Å². The van der Waals surface area contributed by atoms with Crippen LogP contribution in [0.3, 0.4) is 0 Å². The quantitative estimate of drug-likeness (QED) is 0.288. The van der Waals surface area contributed by atoms with E-state index >= 15 is 0 Å². The number of nitrogens with zero attached hydrogens (tertiary/aromatic N) is 6. The topological polar surface area (TPSA) is 146 Å². The molecular weight excluding hydrogens is 418 g/mol. The third kappa shape index (κ3) is 5.24. The summed E-state index contributed by atoms with van der Waals surface area (Å²) in [6.45, 7) is -0.588. The molecule has 1 aromatic carbocycles. The molecule has 0 aliphatic carbocycles. The molecule has 1 N–H and O–H groups in total. The van der Waals surface area contributed by atoms with E-state index in [4.69, 9.17) is 0 Å². The van der Waals surface area contributed by atoms with Gasteiger partial charge in [0.15, 0.2) is 6.67 Å². The van der Waals surface area contributed by atoms with Gasteiger partial charge in [0.25, 0.3) is 10.1 Å². The summed E-state index contributed by atoms with van der Waals surface area (Å²) < 4.78 is 47.4. The van der Waals surface area contributed by atoms with Gasteiger partial charge >= 0.3 is 5.95 Å². The summed E-state index contributed by atoms with van der Waals surface area (Å²) in [6, 6.07) is 6.84. The number of alkyl halides is 1. The maximum atomic E-state index is 12.4. The lowest BCUT2D eigenvalue weighted by Crippen LogP contribution is -2.23. The summed E-state index contributed by atoms with van der Waals surface area (Å²) in [7, 11) is -4.28. The van der Waals surface area contributed by atoms with E-state index in [1.165, 1.54) is 21.6 Å². The maximum Gasteiger partial charge on any atom is 0.436 e. The van der Waals surface area contributed by atoms with Crippen molar-refractivity contribution in [2.45, 2.75) is 31.2 Å². The van der Waals surface area contributed by atoms with E-state index in [2.05, 4.69) is 15.3 Å². The standard InChI is InChI=1S/C17H19FN6O5S/c18-7-1-2-15(30(27,28)29)10-13-3-5-14(6-4-13)16-11-23(21-20-16)12-22-9-8-19-17(22)24(25)26/h3-6,8-9,11,15H,1-2,7,10,12H2,(H,27,28,29)/i18-1. The molecule has 3 rings (SSSR count). The molecule has 0 aliphatic rings. The normalized spacial score (nSPS) is 12.7. The Balaban J connectivity index is 1.71. The van der Waals surface area contributed by atoms with Crippen LogP contribution in [-0.2, 0) is 23.2 Å². The van der Waals surface area contributed by atoms with Crippen LogP contribution in [0.25, 0.3) is 11.3 Å². The van der Waals surface area contributed by atoms with E-state index in [9.17, 15) is 27.5 Å². The number of nitro groups is 1. The van der Waals surface area contributed by atoms with Crippen molar-refractivity contribution in [1.29, 1.82) is 0 Å². The molecule has 0 saturated heterocycles. The SMILES string of the molecule is O=[N+]([O-])c1nccn1Cn1cc(-c2ccc(CC(CCC[18F])S(=O)(=O)O)cc2)nn1. The van der Waals surface area contributed by atoms with Gasteiger partial charge in [-0.3, -0.25) is 8.94 Å². The summed E-state index contributed by atoms with van der Waals surface area (Å²) in [6.07, 6.45) is 4.55. The van der Waals surface area contributed by atoms with Gasteiger partial charge < -0.3 is 10.1 Å². The zero-order chi connectivity index (χ0) is 21.7. The number of imidazole rings is 1. The van der Waals surface area contributed by atoms with Crippen molar-refractivity contribution < 1.29 is 22.3 Å². The summed E-state index contributed by atoms with van der Waals surface area (Å²) in [5.74, 6) is -0.308. The van der Waals surface area contributed by atoms with Crippen LogP contribution in [0, 0.1) is 10.1 Å². The van der Waals surface area contributed by atoms with E-state index in [1.54, 1.807) is 30.5 Å². The number of aromatic nitrogens is 5. The van der Waals surface area contributed by atoms with Gasteiger partial charge in [-0.15, -0.1) is 5.10 Å². The second kappa shape index (κ2) is 9.09. The number of hydrogen-bond acceptors (Lipinski definition) is 7. The molecule has 30 heavy (non-hydrogen) atoms. The van der Waals surface area contributed by atoms with E-state index in [-0.39, 0.29) is 31.9 Å². The first kappa shape index (κ1) is 21.5. The van der Waals surface area contributed by atoms with Crippen molar-refractivity contribution in [3.63, 3.8) is 0 Å². The number of halogens is 1. The van der Waals surface area contributed by atoms with Gasteiger partial charge in [0.1, 0.15) is 18.1 Å². The van der Waals surface area contributed by atoms with Crippen molar-refractivity contribution >= 4 is 16.1 Å². The Morgan fingerprint density at radius 3 is 2.63 bits per heavy atom. The third-order valence-electron chi connectivity index (χ3n) is 4.49. The molecule has 11 nitrogen and oxygen atoms in total. The van der Waals surface area contributed by atoms with Crippen molar-refractivity contribution in [1.82, 2.24) is 24.5 Å². The Morgan fingerprint density at radius 1 is 1.27 bits per heavy atom. The lowest BCUT2D eigenvalue weighted by atomic mass is 10.0. The lowest BCUT2D eigenvalue weighted by molar-refractivity contribution is -0.396. The van der Waals surface area contributed by atoms with Crippen LogP contribution in [0.4, 0.5) is 10.3 Å². The zero-order valence-electron chi connectivity index (χ0n) is 15.7. The molecule has 0 fully saturated rings. The van der Waals surface area contributed by atoms with Crippen LogP contribution in [0.15, 0.2) is 42.9 Å². The molecular formula is C17H19FN6O5S. The molecule has 0 amide bonds. The monoisotopic (exact) mass is 437 g/mol. The molecule has 0 aliphatic heterocycles. The Hall–Kier alpha value is -3.19. The fourth-order valence-electron chi connectivity index (χ4n) is 2.98. The van der Waals surface area contributed by atoms with Gasteiger partial charge in [-0.25, -0.2) is 9.25 Å². The summed E-state index contributed by atoms with van der Waals surface area (Å²) >= 11 is 0. The smallest absolute Gasteiger partial charge is 0.390 e. The maximum absolute atomic E-state index is 12.4. The zero-order valence-corrected chi connectivity index (χ0v) is 16.5. The highest BCUT2D eigenvalue weighted by atomic mass is 32.2. The molecule has 2 aromatic heterocycles. The summed E-state index contributed by atoms with van der Waals surface area (Å²) in [5.41, 5.74) is 1.90. The molecule has 2 heterocycles. The van der Waals surface area contributed by atoms with Crippen LogP contribution in [-0.4, -0.2) is 54.4 Å². The van der Waals surface area contributed by atoms with Crippen LogP contribution >= 0.6 is 0 Å². The number of benzene rings is 1. The van der Waals surface area contributed by atoms with Crippen LogP contribution in [0.5, 0.6) is 0 Å². The molecule has 13 heteroatoms. The van der Waals surface area contributed by atoms with Crippen LogP contribution < -0.4 is 0 Å². The van der Waals surface area contributed by atoms with E-state index < -0.39 is 27.0 Å². The van der Waals surface area contributed by atoms with Crippen LogP contribution in [0.2, 0.25) is 0 Å². The van der Waals surface area contributed by atoms with E-state index in [1.807, 2.05) is 0 Å². The summed E-state index contributed by atoms with van der Waals surface area (Å²) in [5, 5.41) is 17.9. The first-order valence-electron chi connectivity index (χ1n) is 8.95. The second-order valence-electron chi connectivity index (χ2n) is 6.61. The van der Waals surface area contributed by atoms with E-state index in [0.29, 0.717) is 16.8 Å². The fraction of sp³-hybridized carbons (Fsp3) is 0.353. The Bertz CT molecular complexity index is 1110. The van der Waals surface area contributed by atoms with Gasteiger partial charge in [-0.2, -0.15) is 8.42 Å². The minimum absolute atomic E-state index is 0.0335.